The fraction of sp³-hybridized carbons (Fsp3) is 0.800. The van der Waals surface area contributed by atoms with Gasteiger partial charge in [-0.1, -0.05) is 52.4 Å². The maximum atomic E-state index is 10.7. The minimum absolute atomic E-state index is 0.00417. The average Bonchev–Trinajstić information content (AvgIpc) is 3.17. The molecule has 2 aliphatic heterocycles. The lowest BCUT2D eigenvalue weighted by Crippen LogP contribution is -2.05. The first-order valence-electron chi connectivity index (χ1n) is 9.74. The van der Waals surface area contributed by atoms with Gasteiger partial charge in [-0.05, 0) is 31.8 Å². The summed E-state index contributed by atoms with van der Waals surface area (Å²) in [5.74, 6) is 0.784. The number of carbonyl (C=O) groups excluding carboxylic acids is 2. The van der Waals surface area contributed by atoms with Crippen LogP contribution in [0.2, 0.25) is 0 Å². The van der Waals surface area contributed by atoms with Gasteiger partial charge in [0.2, 0.25) is 0 Å². The van der Waals surface area contributed by atoms with Gasteiger partial charge in [0, 0.05) is 12.8 Å². The van der Waals surface area contributed by atoms with Crippen molar-refractivity contribution < 1.29 is 19.1 Å². The molecule has 0 amide bonds. The minimum Gasteiger partial charge on any atom is -0.462 e. The second-order valence-electron chi connectivity index (χ2n) is 6.66. The van der Waals surface area contributed by atoms with Gasteiger partial charge in [-0.2, -0.15) is 0 Å². The Morgan fingerprint density at radius 3 is 2.21 bits per heavy atom. The van der Waals surface area contributed by atoms with E-state index in [-0.39, 0.29) is 18.0 Å². The predicted octanol–water partition coefficient (Wildman–Crippen LogP) is 5.45. The molecule has 0 aromatic rings. The Morgan fingerprint density at radius 1 is 0.958 bits per heavy atom. The fourth-order valence-corrected chi connectivity index (χ4v) is 2.89. The normalized spacial score (nSPS) is 19.4. The van der Waals surface area contributed by atoms with E-state index >= 15 is 0 Å². The Balaban J connectivity index is 0.000000240. The molecular weight excluding hydrogens is 304 g/mol. The lowest BCUT2D eigenvalue weighted by atomic mass is 10.1. The van der Waals surface area contributed by atoms with Gasteiger partial charge in [0.1, 0.15) is 11.9 Å². The predicted molar refractivity (Wildman–Crippen MR) is 95.4 cm³/mol. The van der Waals surface area contributed by atoms with Crippen LogP contribution in [0.3, 0.4) is 0 Å². The van der Waals surface area contributed by atoms with Crippen LogP contribution in [0.25, 0.3) is 0 Å². The highest BCUT2D eigenvalue weighted by Gasteiger charge is 2.22. The summed E-state index contributed by atoms with van der Waals surface area (Å²) in [6.07, 6.45) is 16.2. The molecule has 1 fully saturated rings. The molecule has 2 aliphatic rings. The van der Waals surface area contributed by atoms with Crippen LogP contribution in [-0.4, -0.2) is 18.0 Å². The third kappa shape index (κ3) is 9.74. The van der Waals surface area contributed by atoms with Gasteiger partial charge in [-0.15, -0.1) is 0 Å². The van der Waals surface area contributed by atoms with Crippen molar-refractivity contribution in [3.8, 4) is 0 Å². The molecule has 138 valence electrons. The van der Waals surface area contributed by atoms with Crippen LogP contribution >= 0.6 is 0 Å². The molecule has 0 N–H and O–H groups in total. The number of allylic oxidation sites excluding steroid dienone is 1. The van der Waals surface area contributed by atoms with Gasteiger partial charge in [-0.25, -0.2) is 0 Å². The monoisotopic (exact) mass is 338 g/mol. The standard InChI is InChI=1S/C10H18O2.C10H16O2/c2*1-2-3-4-5-6-9-7-8-10(11)12-9/h9H,2-8H2,1H3;7H,2-6,8H2,1H3. The lowest BCUT2D eigenvalue weighted by molar-refractivity contribution is -0.141. The minimum atomic E-state index is -0.0968. The van der Waals surface area contributed by atoms with Crippen molar-refractivity contribution in [1.29, 1.82) is 0 Å². The topological polar surface area (TPSA) is 52.6 Å². The molecule has 0 bridgehead atoms. The molecule has 24 heavy (non-hydrogen) atoms. The second kappa shape index (κ2) is 13.0. The molecule has 0 spiro atoms. The van der Waals surface area contributed by atoms with Crippen molar-refractivity contribution in [1.82, 2.24) is 0 Å². The Labute approximate surface area is 147 Å². The number of unbranched alkanes of at least 4 members (excludes halogenated alkanes) is 6. The molecule has 2 rings (SSSR count). The molecule has 4 nitrogen and oxygen atoms in total. The van der Waals surface area contributed by atoms with Crippen LogP contribution in [0.4, 0.5) is 0 Å². The van der Waals surface area contributed by atoms with E-state index in [4.69, 9.17) is 9.47 Å². The number of hydrogen-bond acceptors (Lipinski definition) is 4. The summed E-state index contributed by atoms with van der Waals surface area (Å²) in [5.41, 5.74) is 0. The van der Waals surface area contributed by atoms with Crippen LogP contribution in [0.1, 0.15) is 97.3 Å². The first-order chi connectivity index (χ1) is 11.7. The Kier molecular flexibility index (Phi) is 11.2. The molecule has 0 aromatic heterocycles. The zero-order valence-corrected chi connectivity index (χ0v) is 15.5. The molecule has 0 aromatic carbocycles. The first-order valence-corrected chi connectivity index (χ1v) is 9.74. The Morgan fingerprint density at radius 2 is 1.67 bits per heavy atom. The van der Waals surface area contributed by atoms with Crippen molar-refractivity contribution >= 4 is 11.9 Å². The molecule has 0 saturated carbocycles. The zero-order valence-electron chi connectivity index (χ0n) is 15.5. The van der Waals surface area contributed by atoms with Gasteiger partial charge in [-0.3, -0.25) is 9.59 Å². The van der Waals surface area contributed by atoms with Crippen molar-refractivity contribution in [3.05, 3.63) is 11.8 Å². The first kappa shape index (κ1) is 20.7. The number of ether oxygens (including phenoxy) is 2. The summed E-state index contributed by atoms with van der Waals surface area (Å²) in [5, 5.41) is 0. The largest absolute Gasteiger partial charge is 0.462 e. The number of esters is 2. The molecule has 1 saturated heterocycles. The summed E-state index contributed by atoms with van der Waals surface area (Å²) in [6.45, 7) is 4.39. The molecule has 1 atom stereocenters. The van der Waals surface area contributed by atoms with Crippen molar-refractivity contribution in [3.63, 3.8) is 0 Å². The Bertz CT molecular complexity index is 398. The molecule has 1 unspecified atom stereocenters. The van der Waals surface area contributed by atoms with Gasteiger partial charge in [0.25, 0.3) is 0 Å². The maximum Gasteiger partial charge on any atom is 0.314 e. The average molecular weight is 338 g/mol. The Hall–Kier alpha value is -1.32. The van der Waals surface area contributed by atoms with E-state index in [1.54, 1.807) is 0 Å². The molecular formula is C20H34O4. The summed E-state index contributed by atoms with van der Waals surface area (Å²) < 4.78 is 10.1. The molecule has 0 radical (unpaired) electrons. The van der Waals surface area contributed by atoms with Gasteiger partial charge < -0.3 is 9.47 Å². The van der Waals surface area contributed by atoms with Crippen molar-refractivity contribution in [2.24, 2.45) is 0 Å². The smallest absolute Gasteiger partial charge is 0.314 e. The number of hydrogen-bond donors (Lipinski definition) is 0. The summed E-state index contributed by atoms with van der Waals surface area (Å²) in [4.78, 5) is 21.4. The van der Waals surface area contributed by atoms with E-state index in [2.05, 4.69) is 13.8 Å². The summed E-state index contributed by atoms with van der Waals surface area (Å²) in [6, 6.07) is 0. The van der Waals surface area contributed by atoms with E-state index in [1.807, 2.05) is 6.08 Å². The quantitative estimate of drug-likeness (QED) is 0.392. The number of rotatable bonds is 10. The van der Waals surface area contributed by atoms with Crippen molar-refractivity contribution in [2.45, 2.75) is 103 Å². The van der Waals surface area contributed by atoms with Crippen LogP contribution in [0.15, 0.2) is 11.8 Å². The number of cyclic esters (lactones) is 2. The van der Waals surface area contributed by atoms with Gasteiger partial charge >= 0.3 is 11.9 Å². The summed E-state index contributed by atoms with van der Waals surface area (Å²) in [7, 11) is 0. The highest BCUT2D eigenvalue weighted by atomic mass is 16.5. The van der Waals surface area contributed by atoms with Crippen LogP contribution < -0.4 is 0 Å². The van der Waals surface area contributed by atoms with Gasteiger partial charge in [0.15, 0.2) is 0 Å². The van der Waals surface area contributed by atoms with Gasteiger partial charge in [0.05, 0.1) is 6.42 Å². The molecule has 0 aliphatic carbocycles. The second-order valence-corrected chi connectivity index (χ2v) is 6.66. The zero-order chi connectivity index (χ0) is 17.6. The number of carbonyl (C=O) groups is 2. The fourth-order valence-electron chi connectivity index (χ4n) is 2.89. The van der Waals surface area contributed by atoms with Crippen molar-refractivity contribution in [2.75, 3.05) is 0 Å². The lowest BCUT2D eigenvalue weighted by Gasteiger charge is -2.07. The summed E-state index contributed by atoms with van der Waals surface area (Å²) >= 11 is 0. The van der Waals surface area contributed by atoms with E-state index in [9.17, 15) is 9.59 Å². The van der Waals surface area contributed by atoms with Crippen LogP contribution in [0.5, 0.6) is 0 Å². The maximum absolute atomic E-state index is 10.7. The highest BCUT2D eigenvalue weighted by molar-refractivity contribution is 5.75. The highest BCUT2D eigenvalue weighted by Crippen LogP contribution is 2.19. The SMILES string of the molecule is CCCCCCC1=CCC(=O)O1.CCCCCCC1CCC(=O)O1. The van der Waals surface area contributed by atoms with E-state index in [1.165, 1.54) is 44.9 Å². The third-order valence-corrected chi connectivity index (χ3v) is 4.37. The van der Waals surface area contributed by atoms with E-state index in [0.29, 0.717) is 12.8 Å². The van der Waals surface area contributed by atoms with E-state index in [0.717, 1.165) is 31.4 Å². The third-order valence-electron chi connectivity index (χ3n) is 4.37. The van der Waals surface area contributed by atoms with E-state index < -0.39 is 0 Å². The molecule has 4 heteroatoms. The van der Waals surface area contributed by atoms with Crippen LogP contribution in [0, 0.1) is 0 Å². The molecule has 2 heterocycles. The van der Waals surface area contributed by atoms with Crippen LogP contribution in [-0.2, 0) is 19.1 Å².